The third-order valence-electron chi connectivity index (χ3n) is 3.21. The fourth-order valence-electron chi connectivity index (χ4n) is 2.13. The lowest BCUT2D eigenvalue weighted by Gasteiger charge is -2.19. The van der Waals surface area contributed by atoms with E-state index in [0.717, 1.165) is 11.1 Å². The third-order valence-corrected chi connectivity index (χ3v) is 3.21. The number of rotatable bonds is 10. The van der Waals surface area contributed by atoms with Crippen LogP contribution in [0.25, 0.3) is 0 Å². The maximum atomic E-state index is 10.4. The van der Waals surface area contributed by atoms with Gasteiger partial charge in [-0.1, -0.05) is 18.2 Å². The van der Waals surface area contributed by atoms with Crippen molar-refractivity contribution < 1.29 is 24.1 Å². The summed E-state index contributed by atoms with van der Waals surface area (Å²) in [6.07, 6.45) is 0.273. The fourth-order valence-corrected chi connectivity index (χ4v) is 2.13. The molecule has 0 radical (unpaired) electrons. The van der Waals surface area contributed by atoms with Crippen LogP contribution >= 0.6 is 0 Å². The zero-order chi connectivity index (χ0) is 15.7. The van der Waals surface area contributed by atoms with Crippen molar-refractivity contribution in [2.75, 3.05) is 27.4 Å². The molecule has 0 fully saturated rings. The molecule has 5 nitrogen and oxygen atoms in total. The molecule has 2 atom stereocenters. The van der Waals surface area contributed by atoms with Crippen LogP contribution in [0.2, 0.25) is 0 Å². The largest absolute Gasteiger partial charge is 0.507 e. The Balaban J connectivity index is 2.82. The molecule has 0 spiro atoms. The monoisotopic (exact) mass is 298 g/mol. The molecule has 120 valence electrons. The van der Waals surface area contributed by atoms with Gasteiger partial charge in [0.05, 0.1) is 0 Å². The van der Waals surface area contributed by atoms with Crippen molar-refractivity contribution in [3.8, 4) is 5.75 Å². The molecule has 0 aliphatic carbocycles. The summed E-state index contributed by atoms with van der Waals surface area (Å²) in [6.45, 7) is 4.95. The number of methoxy groups -OCH3 is 2. The van der Waals surface area contributed by atoms with Gasteiger partial charge in [-0.25, -0.2) is 0 Å². The van der Waals surface area contributed by atoms with E-state index in [2.05, 4.69) is 0 Å². The third kappa shape index (κ3) is 5.63. The first-order chi connectivity index (χ1) is 10.2. The summed E-state index contributed by atoms with van der Waals surface area (Å²) in [5.74, 6) is 0.251. The lowest BCUT2D eigenvalue weighted by atomic mass is 10.0. The van der Waals surface area contributed by atoms with Crippen LogP contribution < -0.4 is 0 Å². The summed E-state index contributed by atoms with van der Waals surface area (Å²) in [5, 5.41) is 10.4. The highest BCUT2D eigenvalue weighted by molar-refractivity contribution is 5.40. The van der Waals surface area contributed by atoms with Gasteiger partial charge in [0.15, 0.2) is 12.6 Å². The Kier molecular flexibility index (Phi) is 8.30. The number of hydrogen-bond donors (Lipinski definition) is 1. The molecule has 5 heteroatoms. The van der Waals surface area contributed by atoms with E-state index in [9.17, 15) is 5.11 Å². The van der Waals surface area contributed by atoms with Gasteiger partial charge >= 0.3 is 0 Å². The van der Waals surface area contributed by atoms with Crippen molar-refractivity contribution in [2.24, 2.45) is 0 Å². The molecule has 2 unspecified atom stereocenters. The second-order valence-corrected chi connectivity index (χ2v) is 4.57. The predicted octanol–water partition coefficient (Wildman–Crippen LogP) is 2.50. The molecule has 0 aliphatic heterocycles. The van der Waals surface area contributed by atoms with E-state index in [1.165, 1.54) is 0 Å². The second-order valence-electron chi connectivity index (χ2n) is 4.57. The molecule has 21 heavy (non-hydrogen) atoms. The molecule has 0 saturated carbocycles. The maximum Gasteiger partial charge on any atom is 0.161 e. The molecule has 0 bridgehead atoms. The van der Waals surface area contributed by atoms with Crippen molar-refractivity contribution in [1.82, 2.24) is 0 Å². The van der Waals surface area contributed by atoms with Gasteiger partial charge in [0.1, 0.15) is 5.75 Å². The van der Waals surface area contributed by atoms with Gasteiger partial charge in [0.25, 0.3) is 0 Å². The van der Waals surface area contributed by atoms with Gasteiger partial charge in [0.2, 0.25) is 0 Å². The summed E-state index contributed by atoms with van der Waals surface area (Å²) < 4.78 is 21.4. The van der Waals surface area contributed by atoms with E-state index in [0.29, 0.717) is 26.1 Å². The molecule has 1 aromatic carbocycles. The van der Waals surface area contributed by atoms with Crippen molar-refractivity contribution >= 4 is 0 Å². The Morgan fingerprint density at radius 2 is 1.33 bits per heavy atom. The van der Waals surface area contributed by atoms with Gasteiger partial charge < -0.3 is 24.1 Å². The molecular weight excluding hydrogens is 272 g/mol. The number of hydrogen-bond acceptors (Lipinski definition) is 5. The van der Waals surface area contributed by atoms with Crippen LogP contribution in [0.5, 0.6) is 5.75 Å². The minimum Gasteiger partial charge on any atom is -0.507 e. The highest BCUT2D eigenvalue weighted by atomic mass is 16.7. The summed E-state index contributed by atoms with van der Waals surface area (Å²) in [5.41, 5.74) is 1.58. The molecule has 0 saturated heterocycles. The van der Waals surface area contributed by atoms with E-state index in [1.807, 2.05) is 32.0 Å². The summed E-state index contributed by atoms with van der Waals surface area (Å²) in [7, 11) is 3.19. The lowest BCUT2D eigenvalue weighted by Crippen LogP contribution is -2.20. The average molecular weight is 298 g/mol. The van der Waals surface area contributed by atoms with Crippen LogP contribution in [0.1, 0.15) is 25.0 Å². The van der Waals surface area contributed by atoms with Gasteiger partial charge in [0, 0.05) is 40.3 Å². The van der Waals surface area contributed by atoms with Crippen LogP contribution in [0.4, 0.5) is 0 Å². The van der Waals surface area contributed by atoms with Crippen LogP contribution in [-0.2, 0) is 31.8 Å². The Bertz CT molecular complexity index is 373. The lowest BCUT2D eigenvalue weighted by molar-refractivity contribution is -0.119. The molecule has 0 aromatic heterocycles. The van der Waals surface area contributed by atoms with Gasteiger partial charge in [-0.05, 0) is 25.0 Å². The Labute approximate surface area is 126 Å². The number of ether oxygens (including phenoxy) is 4. The Morgan fingerprint density at radius 1 is 0.905 bits per heavy atom. The van der Waals surface area contributed by atoms with Crippen LogP contribution in [0.3, 0.4) is 0 Å². The van der Waals surface area contributed by atoms with Crippen molar-refractivity contribution in [2.45, 2.75) is 39.3 Å². The van der Waals surface area contributed by atoms with Crippen molar-refractivity contribution in [3.05, 3.63) is 29.3 Å². The van der Waals surface area contributed by atoms with Crippen LogP contribution in [0.15, 0.2) is 18.2 Å². The molecular formula is C16H26O5. The maximum absolute atomic E-state index is 10.4. The first-order valence-electron chi connectivity index (χ1n) is 7.24. The van der Waals surface area contributed by atoms with E-state index < -0.39 is 0 Å². The summed E-state index contributed by atoms with van der Waals surface area (Å²) >= 11 is 0. The van der Waals surface area contributed by atoms with Crippen molar-refractivity contribution in [1.29, 1.82) is 0 Å². The minimum atomic E-state index is -0.360. The molecule has 0 aliphatic rings. The number of benzene rings is 1. The highest BCUT2D eigenvalue weighted by Gasteiger charge is 2.16. The predicted molar refractivity (Wildman–Crippen MR) is 80.4 cm³/mol. The van der Waals surface area contributed by atoms with Crippen LogP contribution in [-0.4, -0.2) is 45.1 Å². The number of phenolic OH excluding ortho intramolecular Hbond substituents is 1. The Morgan fingerprint density at radius 3 is 1.67 bits per heavy atom. The van der Waals surface area contributed by atoms with Gasteiger partial charge in [-0.15, -0.1) is 0 Å². The molecule has 1 rings (SSSR count). The summed E-state index contributed by atoms with van der Waals surface area (Å²) in [4.78, 5) is 0. The van der Waals surface area contributed by atoms with E-state index in [-0.39, 0.29) is 18.3 Å². The molecule has 1 aromatic rings. The minimum absolute atomic E-state index is 0.251. The quantitative estimate of drug-likeness (QED) is 0.673. The first kappa shape index (κ1) is 17.9. The first-order valence-corrected chi connectivity index (χ1v) is 7.24. The van der Waals surface area contributed by atoms with Crippen molar-refractivity contribution in [3.63, 3.8) is 0 Å². The van der Waals surface area contributed by atoms with Crippen LogP contribution in [0, 0.1) is 0 Å². The second kappa shape index (κ2) is 9.73. The van der Waals surface area contributed by atoms with Gasteiger partial charge in [-0.2, -0.15) is 0 Å². The number of aromatic hydroxyl groups is 1. The number of para-hydroxylation sites is 1. The SMILES string of the molecule is CCOC(Cc1cccc(CC(OC)OCC)c1O)OC. The molecule has 0 amide bonds. The zero-order valence-corrected chi connectivity index (χ0v) is 13.3. The zero-order valence-electron chi connectivity index (χ0n) is 13.3. The fraction of sp³-hybridized carbons (Fsp3) is 0.625. The Hall–Kier alpha value is -1.14. The molecule has 1 N–H and O–H groups in total. The smallest absolute Gasteiger partial charge is 0.161 e. The van der Waals surface area contributed by atoms with E-state index in [1.54, 1.807) is 14.2 Å². The normalized spacial score (nSPS) is 14.1. The highest BCUT2D eigenvalue weighted by Crippen LogP contribution is 2.26. The average Bonchev–Trinajstić information content (AvgIpc) is 2.49. The van der Waals surface area contributed by atoms with E-state index in [4.69, 9.17) is 18.9 Å². The summed E-state index contributed by atoms with van der Waals surface area (Å²) in [6, 6.07) is 5.64. The number of phenols is 1. The van der Waals surface area contributed by atoms with E-state index >= 15 is 0 Å². The van der Waals surface area contributed by atoms with Gasteiger partial charge in [-0.3, -0.25) is 0 Å². The topological polar surface area (TPSA) is 57.2 Å². The molecule has 0 heterocycles. The standard InChI is InChI=1S/C16H26O5/c1-5-20-14(18-3)10-12-8-7-9-13(16(12)17)11-15(19-4)21-6-2/h7-9,14-15,17H,5-6,10-11H2,1-4H3.